The van der Waals surface area contributed by atoms with Crippen LogP contribution in [0.3, 0.4) is 0 Å². The van der Waals surface area contributed by atoms with Crippen LogP contribution in [0.25, 0.3) is 11.3 Å². The molecule has 0 aliphatic carbocycles. The fourth-order valence-electron chi connectivity index (χ4n) is 2.06. The van der Waals surface area contributed by atoms with E-state index in [4.69, 9.17) is 11.1 Å². The maximum Gasteiger partial charge on any atom is 0.277 e. The molecule has 110 valence electrons. The Morgan fingerprint density at radius 1 is 1.33 bits per heavy atom. The van der Waals surface area contributed by atoms with Crippen molar-refractivity contribution in [1.29, 1.82) is 5.41 Å². The fraction of sp³-hybridized carbons (Fsp3) is 0.312. The summed E-state index contributed by atoms with van der Waals surface area (Å²) in [4.78, 5) is 12.2. The second-order valence-corrected chi connectivity index (χ2v) is 5.10. The summed E-state index contributed by atoms with van der Waals surface area (Å²) in [6, 6.07) is 9.49. The third kappa shape index (κ3) is 3.37. The lowest BCUT2D eigenvalue weighted by molar-refractivity contribution is 0.544. The third-order valence-corrected chi connectivity index (χ3v) is 3.34. The second kappa shape index (κ2) is 6.35. The zero-order valence-electron chi connectivity index (χ0n) is 12.4. The molecule has 0 bridgehead atoms. The van der Waals surface area contributed by atoms with Gasteiger partial charge in [-0.1, -0.05) is 43.2 Å². The molecule has 1 aromatic carbocycles. The lowest BCUT2D eigenvalue weighted by Gasteiger charge is -2.10. The Morgan fingerprint density at radius 2 is 2.00 bits per heavy atom. The van der Waals surface area contributed by atoms with Crippen molar-refractivity contribution in [2.24, 2.45) is 5.73 Å². The van der Waals surface area contributed by atoms with Crippen molar-refractivity contribution in [3.05, 3.63) is 51.8 Å². The van der Waals surface area contributed by atoms with Crippen molar-refractivity contribution in [2.45, 2.75) is 33.2 Å². The summed E-state index contributed by atoms with van der Waals surface area (Å²) >= 11 is 0. The van der Waals surface area contributed by atoms with E-state index in [1.165, 1.54) is 4.68 Å². The summed E-state index contributed by atoms with van der Waals surface area (Å²) in [5.74, 6) is -0.221. The predicted octanol–water partition coefficient (Wildman–Crippen LogP) is 2.30. The van der Waals surface area contributed by atoms with E-state index in [0.29, 0.717) is 12.2 Å². The van der Waals surface area contributed by atoms with Crippen molar-refractivity contribution in [3.63, 3.8) is 0 Å². The summed E-state index contributed by atoms with van der Waals surface area (Å²) in [7, 11) is 0. The Bertz CT molecular complexity index is 701. The number of aromatic nitrogens is 2. The smallest absolute Gasteiger partial charge is 0.277 e. The highest BCUT2D eigenvalue weighted by Crippen LogP contribution is 2.17. The SMILES string of the molecule is CCCCn1nc(-c2ccc(C)cc2)cc(C(=N)N)c1=O. The van der Waals surface area contributed by atoms with Gasteiger partial charge >= 0.3 is 0 Å². The van der Waals surface area contributed by atoms with Gasteiger partial charge in [-0.05, 0) is 19.4 Å². The van der Waals surface area contributed by atoms with E-state index >= 15 is 0 Å². The van der Waals surface area contributed by atoms with Gasteiger partial charge in [0.1, 0.15) is 5.84 Å². The maximum atomic E-state index is 12.2. The molecule has 2 aromatic rings. The second-order valence-electron chi connectivity index (χ2n) is 5.10. The quantitative estimate of drug-likeness (QED) is 0.652. The standard InChI is InChI=1S/C16H20N4O/c1-3-4-9-20-16(21)13(15(17)18)10-14(19-20)12-7-5-11(2)6-8-12/h5-8,10H,3-4,9H2,1-2H3,(H3,17,18). The molecule has 5 heteroatoms. The molecule has 0 atom stereocenters. The van der Waals surface area contributed by atoms with Crippen LogP contribution in [0.2, 0.25) is 0 Å². The largest absolute Gasteiger partial charge is 0.384 e. The molecule has 0 spiro atoms. The average Bonchev–Trinajstić information content (AvgIpc) is 2.47. The molecule has 0 saturated heterocycles. The Labute approximate surface area is 123 Å². The van der Waals surface area contributed by atoms with Crippen LogP contribution in [-0.2, 0) is 6.54 Å². The number of unbranched alkanes of at least 4 members (excludes halogenated alkanes) is 1. The number of hydrogen-bond acceptors (Lipinski definition) is 3. The first-order chi connectivity index (χ1) is 10.0. The van der Waals surface area contributed by atoms with Crippen LogP contribution >= 0.6 is 0 Å². The number of nitrogens with two attached hydrogens (primary N) is 1. The minimum atomic E-state index is -0.299. The van der Waals surface area contributed by atoms with Crippen molar-refractivity contribution in [1.82, 2.24) is 9.78 Å². The minimum absolute atomic E-state index is 0.205. The van der Waals surface area contributed by atoms with Gasteiger partial charge in [0.25, 0.3) is 5.56 Å². The molecule has 0 unspecified atom stereocenters. The Hall–Kier alpha value is -2.43. The zero-order valence-corrected chi connectivity index (χ0v) is 12.4. The van der Waals surface area contributed by atoms with E-state index in [-0.39, 0.29) is 17.0 Å². The summed E-state index contributed by atoms with van der Waals surface area (Å²) in [5, 5.41) is 12.0. The normalized spacial score (nSPS) is 10.6. The summed E-state index contributed by atoms with van der Waals surface area (Å²) in [6.07, 6.45) is 1.83. The van der Waals surface area contributed by atoms with Crippen molar-refractivity contribution < 1.29 is 0 Å². The highest BCUT2D eigenvalue weighted by atomic mass is 16.1. The molecule has 2 rings (SSSR count). The van der Waals surface area contributed by atoms with Crippen molar-refractivity contribution in [3.8, 4) is 11.3 Å². The van der Waals surface area contributed by atoms with Gasteiger partial charge in [-0.3, -0.25) is 10.2 Å². The third-order valence-electron chi connectivity index (χ3n) is 3.34. The highest BCUT2D eigenvalue weighted by molar-refractivity contribution is 5.95. The summed E-state index contributed by atoms with van der Waals surface area (Å²) in [6.45, 7) is 4.61. The number of nitrogen functional groups attached to an aromatic ring is 1. The Morgan fingerprint density at radius 3 is 2.57 bits per heavy atom. The lowest BCUT2D eigenvalue weighted by atomic mass is 10.1. The van der Waals surface area contributed by atoms with Gasteiger partial charge in [-0.15, -0.1) is 0 Å². The molecule has 5 nitrogen and oxygen atoms in total. The fourth-order valence-corrected chi connectivity index (χ4v) is 2.06. The number of rotatable bonds is 5. The van der Waals surface area contributed by atoms with Gasteiger partial charge in [0.15, 0.2) is 0 Å². The first kappa shape index (κ1) is 15.0. The molecule has 0 aliphatic rings. The van der Waals surface area contributed by atoms with Crippen molar-refractivity contribution >= 4 is 5.84 Å². The van der Waals surface area contributed by atoms with Crippen LogP contribution in [0.4, 0.5) is 0 Å². The van der Waals surface area contributed by atoms with Crippen LogP contribution in [0.15, 0.2) is 35.1 Å². The molecule has 0 saturated carbocycles. The highest BCUT2D eigenvalue weighted by Gasteiger charge is 2.11. The number of aryl methyl sites for hydroxylation is 2. The molecule has 0 aliphatic heterocycles. The number of nitrogens with zero attached hydrogens (tertiary/aromatic N) is 2. The van der Waals surface area contributed by atoms with Crippen LogP contribution in [0.5, 0.6) is 0 Å². The number of amidine groups is 1. The molecule has 0 amide bonds. The van der Waals surface area contributed by atoms with Gasteiger partial charge in [0.2, 0.25) is 0 Å². The van der Waals surface area contributed by atoms with Gasteiger partial charge in [0.05, 0.1) is 11.3 Å². The number of benzene rings is 1. The Kier molecular flexibility index (Phi) is 4.52. The summed E-state index contributed by atoms with van der Waals surface area (Å²) < 4.78 is 1.41. The molecular weight excluding hydrogens is 264 g/mol. The molecule has 0 fully saturated rings. The maximum absolute atomic E-state index is 12.2. The van der Waals surface area contributed by atoms with E-state index in [1.807, 2.05) is 31.2 Å². The average molecular weight is 284 g/mol. The molecule has 21 heavy (non-hydrogen) atoms. The van der Waals surface area contributed by atoms with E-state index in [0.717, 1.165) is 24.0 Å². The van der Waals surface area contributed by atoms with Gasteiger partial charge in [-0.25, -0.2) is 4.68 Å². The van der Waals surface area contributed by atoms with E-state index in [1.54, 1.807) is 6.07 Å². The molecule has 3 N–H and O–H groups in total. The zero-order chi connectivity index (χ0) is 15.4. The number of nitrogens with one attached hydrogen (secondary N) is 1. The van der Waals surface area contributed by atoms with Crippen molar-refractivity contribution in [2.75, 3.05) is 0 Å². The minimum Gasteiger partial charge on any atom is -0.384 e. The topological polar surface area (TPSA) is 84.8 Å². The molecular formula is C16H20N4O. The lowest BCUT2D eigenvalue weighted by Crippen LogP contribution is -2.31. The number of hydrogen-bond donors (Lipinski definition) is 2. The van der Waals surface area contributed by atoms with Gasteiger partial charge in [0, 0.05) is 12.1 Å². The molecule has 1 heterocycles. The summed E-state index contributed by atoms with van der Waals surface area (Å²) in [5.41, 5.74) is 8.16. The Balaban J connectivity index is 2.55. The predicted molar refractivity (Wildman–Crippen MR) is 84.6 cm³/mol. The van der Waals surface area contributed by atoms with Gasteiger partial charge < -0.3 is 5.73 Å². The monoisotopic (exact) mass is 284 g/mol. The van der Waals surface area contributed by atoms with E-state index in [2.05, 4.69) is 12.0 Å². The van der Waals surface area contributed by atoms with Crippen LogP contribution in [0, 0.1) is 12.3 Å². The van der Waals surface area contributed by atoms with Gasteiger partial charge in [-0.2, -0.15) is 5.10 Å². The molecule has 1 aromatic heterocycles. The first-order valence-corrected chi connectivity index (χ1v) is 7.06. The van der Waals surface area contributed by atoms with E-state index in [9.17, 15) is 4.79 Å². The van der Waals surface area contributed by atoms with Crippen LogP contribution in [0.1, 0.15) is 30.9 Å². The van der Waals surface area contributed by atoms with Crippen LogP contribution in [-0.4, -0.2) is 15.6 Å². The molecule has 0 radical (unpaired) electrons. The first-order valence-electron chi connectivity index (χ1n) is 7.06. The van der Waals surface area contributed by atoms with E-state index < -0.39 is 0 Å². The van der Waals surface area contributed by atoms with Crippen LogP contribution < -0.4 is 11.3 Å².